The highest BCUT2D eigenvalue weighted by Crippen LogP contribution is 2.29. The molecule has 0 aromatic heterocycles. The lowest BCUT2D eigenvalue weighted by Crippen LogP contribution is -2.16. The predicted molar refractivity (Wildman–Crippen MR) is 83.7 cm³/mol. The number of carboxylic acids is 1. The highest BCUT2D eigenvalue weighted by Gasteiger charge is 2.16. The van der Waals surface area contributed by atoms with Crippen molar-refractivity contribution in [3.05, 3.63) is 63.6 Å². The van der Waals surface area contributed by atoms with Crippen LogP contribution in [0.5, 0.6) is 0 Å². The molecule has 114 valence electrons. The summed E-state index contributed by atoms with van der Waals surface area (Å²) in [6, 6.07) is 11.5. The second kappa shape index (κ2) is 7.15. The van der Waals surface area contributed by atoms with Crippen LogP contribution in [0, 0.1) is 0 Å². The van der Waals surface area contributed by atoms with Gasteiger partial charge in [-0.3, -0.25) is 5.32 Å². The summed E-state index contributed by atoms with van der Waals surface area (Å²) in [7, 11) is 0. The Morgan fingerprint density at radius 1 is 1.09 bits per heavy atom. The third-order valence-corrected chi connectivity index (χ3v) is 3.46. The lowest BCUT2D eigenvalue weighted by atomic mass is 10.2. The van der Waals surface area contributed by atoms with Gasteiger partial charge < -0.3 is 9.84 Å². The lowest BCUT2D eigenvalue weighted by molar-refractivity contribution is 0.0698. The summed E-state index contributed by atoms with van der Waals surface area (Å²) in [5.41, 5.74) is 0.649. The summed E-state index contributed by atoms with van der Waals surface area (Å²) in [6.45, 7) is 0.0659. The number of anilines is 1. The van der Waals surface area contributed by atoms with Crippen LogP contribution in [-0.2, 0) is 11.3 Å². The van der Waals surface area contributed by atoms with Gasteiger partial charge in [0.15, 0.2) is 0 Å². The van der Waals surface area contributed by atoms with Gasteiger partial charge in [0.1, 0.15) is 6.61 Å². The summed E-state index contributed by atoms with van der Waals surface area (Å²) >= 11 is 11.6. The highest BCUT2D eigenvalue weighted by molar-refractivity contribution is 6.42. The number of benzene rings is 2. The Balaban J connectivity index is 2.08. The first-order valence-electron chi connectivity index (χ1n) is 6.17. The third-order valence-electron chi connectivity index (χ3n) is 2.74. The molecular formula is C15H11Cl2NO4. The van der Waals surface area contributed by atoms with Gasteiger partial charge in [-0.05, 0) is 17.7 Å². The van der Waals surface area contributed by atoms with Crippen molar-refractivity contribution in [3.8, 4) is 0 Å². The molecule has 0 atom stereocenters. The fourth-order valence-corrected chi connectivity index (χ4v) is 2.02. The number of carbonyl (C=O) groups is 2. The minimum absolute atomic E-state index is 0.0139. The molecular weight excluding hydrogens is 329 g/mol. The summed E-state index contributed by atoms with van der Waals surface area (Å²) in [4.78, 5) is 22.9. The Kier molecular flexibility index (Phi) is 5.25. The second-order valence-electron chi connectivity index (χ2n) is 4.30. The van der Waals surface area contributed by atoms with Crippen molar-refractivity contribution < 1.29 is 19.4 Å². The van der Waals surface area contributed by atoms with E-state index in [9.17, 15) is 9.59 Å². The van der Waals surface area contributed by atoms with Crippen LogP contribution in [0.4, 0.5) is 10.5 Å². The topological polar surface area (TPSA) is 75.6 Å². The molecule has 0 heterocycles. The molecule has 0 aliphatic rings. The third kappa shape index (κ3) is 4.13. The molecule has 2 rings (SSSR count). The Morgan fingerprint density at radius 3 is 2.36 bits per heavy atom. The summed E-state index contributed by atoms with van der Waals surface area (Å²) in [5, 5.41) is 11.7. The van der Waals surface area contributed by atoms with Crippen LogP contribution in [0.15, 0.2) is 42.5 Å². The normalized spacial score (nSPS) is 10.1. The van der Waals surface area contributed by atoms with E-state index in [0.29, 0.717) is 0 Å². The number of carbonyl (C=O) groups excluding carboxylic acids is 1. The maximum absolute atomic E-state index is 11.8. The van der Waals surface area contributed by atoms with Gasteiger partial charge in [0.05, 0.1) is 21.3 Å². The Hall–Kier alpha value is -2.24. The number of hydrogen-bond acceptors (Lipinski definition) is 3. The molecule has 0 aliphatic heterocycles. The van der Waals surface area contributed by atoms with Crippen LogP contribution in [0.25, 0.3) is 0 Å². The molecule has 2 aromatic carbocycles. The molecule has 0 saturated carbocycles. The maximum atomic E-state index is 11.8. The number of nitrogens with one attached hydrogen (secondary N) is 1. The minimum atomic E-state index is -1.24. The van der Waals surface area contributed by atoms with Gasteiger partial charge in [-0.1, -0.05) is 53.5 Å². The van der Waals surface area contributed by atoms with Crippen molar-refractivity contribution in [1.82, 2.24) is 0 Å². The molecule has 0 radical (unpaired) electrons. The van der Waals surface area contributed by atoms with Gasteiger partial charge in [0.2, 0.25) is 0 Å². The molecule has 5 nitrogen and oxygen atoms in total. The van der Waals surface area contributed by atoms with Gasteiger partial charge in [-0.25, -0.2) is 9.59 Å². The molecule has 0 bridgehead atoms. The van der Waals surface area contributed by atoms with E-state index < -0.39 is 12.1 Å². The largest absolute Gasteiger partial charge is 0.478 e. The SMILES string of the molecule is O=C(Nc1cc(Cl)c(Cl)cc1C(=O)O)OCc1ccccc1. The fourth-order valence-electron chi connectivity index (χ4n) is 1.70. The van der Waals surface area contributed by atoms with E-state index in [1.807, 2.05) is 18.2 Å². The average molecular weight is 340 g/mol. The molecule has 0 saturated heterocycles. The molecule has 2 N–H and O–H groups in total. The van der Waals surface area contributed by atoms with Crippen molar-refractivity contribution in [2.24, 2.45) is 0 Å². The summed E-state index contributed by atoms with van der Waals surface area (Å²) < 4.78 is 5.02. The first-order chi connectivity index (χ1) is 10.5. The highest BCUT2D eigenvalue weighted by atomic mass is 35.5. The number of amides is 1. The monoisotopic (exact) mass is 339 g/mol. The van der Waals surface area contributed by atoms with Crippen LogP contribution in [0.1, 0.15) is 15.9 Å². The van der Waals surface area contributed by atoms with Crippen molar-refractivity contribution >= 4 is 41.0 Å². The number of aromatic carboxylic acids is 1. The van der Waals surface area contributed by atoms with E-state index in [1.54, 1.807) is 12.1 Å². The van der Waals surface area contributed by atoms with Crippen molar-refractivity contribution in [3.63, 3.8) is 0 Å². The van der Waals surface area contributed by atoms with E-state index in [0.717, 1.165) is 5.56 Å². The second-order valence-corrected chi connectivity index (χ2v) is 5.12. The van der Waals surface area contributed by atoms with Crippen LogP contribution in [-0.4, -0.2) is 17.2 Å². The standard InChI is InChI=1S/C15H11Cl2NO4/c16-11-6-10(14(19)20)13(7-12(11)17)18-15(21)22-8-9-4-2-1-3-5-9/h1-7H,8H2,(H,18,21)(H,19,20). The Labute approximate surface area is 136 Å². The summed E-state index contributed by atoms with van der Waals surface area (Å²) in [6.07, 6.45) is -0.787. The Bertz CT molecular complexity index is 704. The average Bonchev–Trinajstić information content (AvgIpc) is 2.49. The number of rotatable bonds is 4. The van der Waals surface area contributed by atoms with Crippen LogP contribution in [0.3, 0.4) is 0 Å². The van der Waals surface area contributed by atoms with E-state index in [1.165, 1.54) is 12.1 Å². The first-order valence-corrected chi connectivity index (χ1v) is 6.93. The van der Waals surface area contributed by atoms with Gasteiger partial charge in [0, 0.05) is 0 Å². The van der Waals surface area contributed by atoms with E-state index in [-0.39, 0.29) is 27.9 Å². The lowest BCUT2D eigenvalue weighted by Gasteiger charge is -2.10. The van der Waals surface area contributed by atoms with Gasteiger partial charge >= 0.3 is 12.1 Å². The van der Waals surface area contributed by atoms with Crippen LogP contribution < -0.4 is 5.32 Å². The molecule has 2 aromatic rings. The number of hydrogen-bond donors (Lipinski definition) is 2. The van der Waals surface area contributed by atoms with Crippen molar-refractivity contribution in [2.45, 2.75) is 6.61 Å². The fraction of sp³-hybridized carbons (Fsp3) is 0.0667. The number of ether oxygens (including phenoxy) is 1. The molecule has 0 fully saturated rings. The summed E-state index contributed by atoms with van der Waals surface area (Å²) in [5.74, 6) is -1.24. The van der Waals surface area contributed by atoms with Gasteiger partial charge in [0.25, 0.3) is 0 Å². The zero-order chi connectivity index (χ0) is 16.1. The molecule has 7 heteroatoms. The van der Waals surface area contributed by atoms with E-state index in [2.05, 4.69) is 5.32 Å². The van der Waals surface area contributed by atoms with Crippen molar-refractivity contribution in [1.29, 1.82) is 0 Å². The number of halogens is 2. The Morgan fingerprint density at radius 2 is 1.73 bits per heavy atom. The van der Waals surface area contributed by atoms with Crippen LogP contribution >= 0.6 is 23.2 Å². The molecule has 22 heavy (non-hydrogen) atoms. The zero-order valence-corrected chi connectivity index (χ0v) is 12.7. The van der Waals surface area contributed by atoms with Crippen LogP contribution in [0.2, 0.25) is 10.0 Å². The minimum Gasteiger partial charge on any atom is -0.478 e. The molecule has 0 unspecified atom stereocenters. The quantitative estimate of drug-likeness (QED) is 0.863. The first kappa shape index (κ1) is 16.1. The molecule has 0 aliphatic carbocycles. The molecule has 1 amide bonds. The smallest absolute Gasteiger partial charge is 0.411 e. The molecule has 0 spiro atoms. The zero-order valence-electron chi connectivity index (χ0n) is 11.2. The van der Waals surface area contributed by atoms with Crippen molar-refractivity contribution in [2.75, 3.05) is 5.32 Å². The number of carboxylic acid groups (broad SMARTS) is 1. The van der Waals surface area contributed by atoms with Gasteiger partial charge in [-0.2, -0.15) is 0 Å². The van der Waals surface area contributed by atoms with E-state index in [4.69, 9.17) is 33.0 Å². The maximum Gasteiger partial charge on any atom is 0.411 e. The van der Waals surface area contributed by atoms with E-state index >= 15 is 0 Å². The predicted octanol–water partition coefficient (Wildman–Crippen LogP) is 4.44. The van der Waals surface area contributed by atoms with Gasteiger partial charge in [-0.15, -0.1) is 0 Å².